The highest BCUT2D eigenvalue weighted by Gasteiger charge is 2.03. The summed E-state index contributed by atoms with van der Waals surface area (Å²) in [5.41, 5.74) is 15.8. The maximum Gasteiger partial charge on any atom is 0.218 e. The first-order valence-corrected chi connectivity index (χ1v) is 5.41. The number of rotatable bonds is 4. The van der Waals surface area contributed by atoms with E-state index in [0.29, 0.717) is 0 Å². The Kier molecular flexibility index (Phi) is 6.13. The van der Waals surface area contributed by atoms with Crippen LogP contribution in [0, 0.1) is 0 Å². The molecule has 1 atom stereocenters. The summed E-state index contributed by atoms with van der Waals surface area (Å²) in [6.07, 6.45) is 2.95. The van der Waals surface area contributed by atoms with Gasteiger partial charge in [0.05, 0.1) is 6.04 Å². The first-order valence-electron chi connectivity index (χ1n) is 4.02. The van der Waals surface area contributed by atoms with Crippen molar-refractivity contribution in [2.24, 2.45) is 27.2 Å². The van der Waals surface area contributed by atoms with E-state index in [1.165, 1.54) is 0 Å². The second kappa shape index (κ2) is 6.59. The van der Waals surface area contributed by atoms with Crippen molar-refractivity contribution in [3.8, 4) is 0 Å². The average molecular weight is 203 g/mol. The minimum Gasteiger partial charge on any atom is -0.370 e. The summed E-state index contributed by atoms with van der Waals surface area (Å²) < 4.78 is 0. The lowest BCUT2D eigenvalue weighted by Crippen LogP contribution is -2.27. The van der Waals surface area contributed by atoms with Crippen LogP contribution in [0.1, 0.15) is 13.3 Å². The van der Waals surface area contributed by atoms with Gasteiger partial charge in [0.15, 0.2) is 5.96 Å². The highest BCUT2D eigenvalue weighted by Crippen LogP contribution is 2.05. The van der Waals surface area contributed by atoms with E-state index >= 15 is 0 Å². The normalized spacial score (nSPS) is 13.8. The van der Waals surface area contributed by atoms with Gasteiger partial charge in [-0.05, 0) is 12.7 Å². The molecule has 13 heavy (non-hydrogen) atoms. The minimum absolute atomic E-state index is 0.0553. The molecule has 0 radical (unpaired) electrons. The zero-order valence-electron chi connectivity index (χ0n) is 8.03. The predicted molar refractivity (Wildman–Crippen MR) is 59.9 cm³/mol. The zero-order chi connectivity index (χ0) is 10.3. The second-order valence-electron chi connectivity index (χ2n) is 2.54. The van der Waals surface area contributed by atoms with Crippen molar-refractivity contribution >= 4 is 23.7 Å². The smallest absolute Gasteiger partial charge is 0.218 e. The maximum absolute atomic E-state index is 5.47. The van der Waals surface area contributed by atoms with Crippen LogP contribution >= 0.6 is 11.8 Å². The van der Waals surface area contributed by atoms with Gasteiger partial charge in [0.2, 0.25) is 5.96 Å². The van der Waals surface area contributed by atoms with Crippen LogP contribution in [0.4, 0.5) is 0 Å². The third-order valence-corrected chi connectivity index (χ3v) is 2.11. The van der Waals surface area contributed by atoms with Crippen LogP contribution in [0.5, 0.6) is 0 Å². The summed E-state index contributed by atoms with van der Waals surface area (Å²) in [4.78, 5) is 7.79. The quantitative estimate of drug-likeness (QED) is 0.431. The van der Waals surface area contributed by atoms with Gasteiger partial charge in [-0.25, -0.2) is 4.99 Å². The Labute approximate surface area is 82.9 Å². The van der Waals surface area contributed by atoms with Gasteiger partial charge in [0.25, 0.3) is 0 Å². The molecule has 0 aliphatic heterocycles. The third kappa shape index (κ3) is 6.27. The van der Waals surface area contributed by atoms with E-state index in [1.54, 1.807) is 11.8 Å². The molecule has 0 amide bonds. The number of thioether (sulfide) groups is 1. The van der Waals surface area contributed by atoms with E-state index in [1.807, 2.05) is 13.2 Å². The van der Waals surface area contributed by atoms with Crippen LogP contribution in [0.2, 0.25) is 0 Å². The second-order valence-corrected chi connectivity index (χ2v) is 3.45. The molecule has 0 aromatic heterocycles. The Balaban J connectivity index is 4.24. The van der Waals surface area contributed by atoms with Crippen LogP contribution in [-0.4, -0.2) is 30.0 Å². The first kappa shape index (κ1) is 12.1. The van der Waals surface area contributed by atoms with Gasteiger partial charge in [-0.3, -0.25) is 0 Å². The summed E-state index contributed by atoms with van der Waals surface area (Å²) in [5.74, 6) is 1.03. The first-order chi connectivity index (χ1) is 6.10. The van der Waals surface area contributed by atoms with Gasteiger partial charge in [-0.15, -0.1) is 0 Å². The zero-order valence-corrected chi connectivity index (χ0v) is 8.84. The van der Waals surface area contributed by atoms with E-state index in [0.717, 1.165) is 12.2 Å². The monoisotopic (exact) mass is 203 g/mol. The molecule has 0 rings (SSSR count). The number of guanidine groups is 2. The molecule has 0 spiro atoms. The molecule has 0 aliphatic carbocycles. The van der Waals surface area contributed by atoms with Gasteiger partial charge in [-0.2, -0.15) is 16.8 Å². The largest absolute Gasteiger partial charge is 0.370 e. The third-order valence-electron chi connectivity index (χ3n) is 1.39. The van der Waals surface area contributed by atoms with Gasteiger partial charge < -0.3 is 17.2 Å². The number of hydrogen-bond donors (Lipinski definition) is 3. The van der Waals surface area contributed by atoms with Crippen molar-refractivity contribution < 1.29 is 0 Å². The summed E-state index contributed by atoms with van der Waals surface area (Å²) >= 11 is 1.72. The molecule has 1 unspecified atom stereocenters. The Morgan fingerprint density at radius 3 is 2.38 bits per heavy atom. The number of nitrogens with two attached hydrogens (primary N) is 3. The Bertz CT molecular complexity index is 197. The van der Waals surface area contributed by atoms with Crippen molar-refractivity contribution in [1.82, 2.24) is 0 Å². The van der Waals surface area contributed by atoms with Crippen molar-refractivity contribution in [2.75, 3.05) is 12.0 Å². The highest BCUT2D eigenvalue weighted by atomic mass is 32.2. The number of aliphatic imine (C=N–C) groups is 2. The number of hydrogen-bond acceptors (Lipinski definition) is 2. The fourth-order valence-electron chi connectivity index (χ4n) is 0.787. The van der Waals surface area contributed by atoms with Gasteiger partial charge in [0.1, 0.15) is 0 Å². The summed E-state index contributed by atoms with van der Waals surface area (Å²) in [6.45, 7) is 2.05. The molecule has 76 valence electrons. The molecule has 6 N–H and O–H groups in total. The minimum atomic E-state index is -0.0553. The van der Waals surface area contributed by atoms with Crippen molar-refractivity contribution in [2.45, 2.75) is 19.4 Å². The molecule has 0 fully saturated rings. The lowest BCUT2D eigenvalue weighted by molar-refractivity contribution is 0.725. The molecule has 5 nitrogen and oxygen atoms in total. The van der Waals surface area contributed by atoms with Gasteiger partial charge >= 0.3 is 0 Å². The van der Waals surface area contributed by atoms with Gasteiger partial charge in [-0.1, -0.05) is 6.92 Å². The van der Waals surface area contributed by atoms with E-state index in [9.17, 15) is 0 Å². The van der Waals surface area contributed by atoms with Crippen LogP contribution in [0.15, 0.2) is 9.98 Å². The molecule has 0 saturated heterocycles. The van der Waals surface area contributed by atoms with Crippen molar-refractivity contribution in [3.05, 3.63) is 0 Å². The molecule has 0 heterocycles. The van der Waals surface area contributed by atoms with Crippen molar-refractivity contribution in [3.63, 3.8) is 0 Å². The Morgan fingerprint density at radius 2 is 2.00 bits per heavy atom. The fraction of sp³-hybridized carbons (Fsp3) is 0.714. The topological polar surface area (TPSA) is 103 Å². The van der Waals surface area contributed by atoms with Crippen molar-refractivity contribution in [1.29, 1.82) is 0 Å². The average Bonchev–Trinajstić information content (AvgIpc) is 2.02. The lowest BCUT2D eigenvalue weighted by atomic mass is 10.3. The Hall–Kier alpha value is -0.910. The van der Waals surface area contributed by atoms with E-state index in [4.69, 9.17) is 17.2 Å². The molecular weight excluding hydrogens is 186 g/mol. The van der Waals surface area contributed by atoms with E-state index in [-0.39, 0.29) is 18.0 Å². The van der Waals surface area contributed by atoms with Gasteiger partial charge in [0, 0.05) is 5.75 Å². The maximum atomic E-state index is 5.47. The predicted octanol–water partition coefficient (Wildman–Crippen LogP) is -0.284. The molecular formula is C7H17N5S. The number of nitrogens with zero attached hydrogens (tertiary/aromatic N) is 2. The standard InChI is InChI=1S/C7H17N5S/c1-3-5(4-13-2)11-7(10)12-6(8)9/h5H,3-4H2,1-2H3,(H6,8,9,10,11,12). The fourth-order valence-corrected chi connectivity index (χ4v) is 1.48. The molecule has 0 bridgehead atoms. The summed E-state index contributed by atoms with van der Waals surface area (Å²) in [6, 6.07) is 0.193. The SMILES string of the molecule is CCC(CSC)N=C(N)N=C(N)N. The lowest BCUT2D eigenvalue weighted by Gasteiger charge is -2.07. The summed E-state index contributed by atoms with van der Waals surface area (Å²) in [5, 5.41) is 0. The highest BCUT2D eigenvalue weighted by molar-refractivity contribution is 7.98. The molecule has 6 heteroatoms. The molecule has 0 aliphatic rings. The molecule has 0 aromatic rings. The molecule has 0 saturated carbocycles. The van der Waals surface area contributed by atoms with Crippen LogP contribution in [0.3, 0.4) is 0 Å². The van der Waals surface area contributed by atoms with Crippen LogP contribution in [0.25, 0.3) is 0 Å². The van der Waals surface area contributed by atoms with Crippen LogP contribution < -0.4 is 17.2 Å². The van der Waals surface area contributed by atoms with E-state index in [2.05, 4.69) is 9.98 Å². The Morgan fingerprint density at radius 1 is 1.38 bits per heavy atom. The summed E-state index contributed by atoms with van der Waals surface area (Å²) in [7, 11) is 0. The van der Waals surface area contributed by atoms with E-state index < -0.39 is 0 Å². The molecule has 0 aromatic carbocycles. The van der Waals surface area contributed by atoms with Crippen LogP contribution in [-0.2, 0) is 0 Å².